The summed E-state index contributed by atoms with van der Waals surface area (Å²) in [7, 11) is -3.63. The molecule has 0 bridgehead atoms. The molecule has 1 aliphatic heterocycles. The third-order valence-corrected chi connectivity index (χ3v) is 6.59. The highest BCUT2D eigenvalue weighted by Crippen LogP contribution is 2.23. The van der Waals surface area contributed by atoms with Crippen molar-refractivity contribution >= 4 is 21.7 Å². The molecule has 1 fully saturated rings. The second-order valence-electron chi connectivity index (χ2n) is 6.30. The molecule has 2 N–H and O–H groups in total. The number of anilines is 1. The minimum absolute atomic E-state index is 0.217. The number of aromatic amines is 1. The zero-order valence-electron chi connectivity index (χ0n) is 14.9. The highest BCUT2D eigenvalue weighted by Gasteiger charge is 2.31. The van der Waals surface area contributed by atoms with Crippen molar-refractivity contribution in [3.8, 4) is 0 Å². The normalized spacial score (nSPS) is 16.3. The van der Waals surface area contributed by atoms with Gasteiger partial charge in [-0.05, 0) is 32.4 Å². The summed E-state index contributed by atoms with van der Waals surface area (Å²) in [5.41, 5.74) is 1.71. The van der Waals surface area contributed by atoms with Gasteiger partial charge in [0.25, 0.3) is 0 Å². The molecule has 2 heterocycles. The van der Waals surface area contributed by atoms with Gasteiger partial charge in [-0.25, -0.2) is 13.2 Å². The number of rotatable bonds is 3. The van der Waals surface area contributed by atoms with Gasteiger partial charge in [0.1, 0.15) is 4.90 Å². The van der Waals surface area contributed by atoms with Crippen LogP contribution >= 0.6 is 0 Å². The molecule has 8 nitrogen and oxygen atoms in total. The van der Waals surface area contributed by atoms with Crippen LogP contribution in [0.25, 0.3) is 0 Å². The number of nitrogens with one attached hydrogen (secondary N) is 2. The first kappa shape index (κ1) is 18.4. The molecule has 26 heavy (non-hydrogen) atoms. The molecule has 2 amide bonds. The van der Waals surface area contributed by atoms with Crippen LogP contribution in [-0.4, -0.2) is 60.0 Å². The van der Waals surface area contributed by atoms with Crippen LogP contribution in [0.15, 0.2) is 35.2 Å². The van der Waals surface area contributed by atoms with E-state index in [4.69, 9.17) is 0 Å². The molecule has 0 atom stereocenters. The lowest BCUT2D eigenvalue weighted by Crippen LogP contribution is -2.39. The van der Waals surface area contributed by atoms with Crippen LogP contribution in [0.1, 0.15) is 17.8 Å². The first-order chi connectivity index (χ1) is 12.4. The van der Waals surface area contributed by atoms with Gasteiger partial charge in [-0.1, -0.05) is 18.2 Å². The van der Waals surface area contributed by atoms with Crippen molar-refractivity contribution in [2.75, 3.05) is 31.5 Å². The lowest BCUT2D eigenvalue weighted by Gasteiger charge is -2.22. The third-order valence-electron chi connectivity index (χ3n) is 4.43. The van der Waals surface area contributed by atoms with E-state index in [0.717, 1.165) is 5.69 Å². The minimum atomic E-state index is -3.63. The lowest BCUT2D eigenvalue weighted by molar-refractivity contribution is 0.214. The van der Waals surface area contributed by atoms with Gasteiger partial charge in [0, 0.05) is 31.9 Å². The maximum Gasteiger partial charge on any atom is 0.321 e. The number of aromatic nitrogens is 2. The molecule has 1 aromatic carbocycles. The van der Waals surface area contributed by atoms with Crippen molar-refractivity contribution in [2.45, 2.75) is 25.2 Å². The summed E-state index contributed by atoms with van der Waals surface area (Å²) in [6.45, 7) is 4.86. The van der Waals surface area contributed by atoms with Crippen LogP contribution in [-0.2, 0) is 10.0 Å². The molecule has 0 radical (unpaired) electrons. The van der Waals surface area contributed by atoms with E-state index in [-0.39, 0.29) is 17.5 Å². The summed E-state index contributed by atoms with van der Waals surface area (Å²) in [6, 6.07) is 8.99. The molecule has 140 valence electrons. The van der Waals surface area contributed by atoms with E-state index in [1.807, 2.05) is 30.3 Å². The maximum absolute atomic E-state index is 13.0. The highest BCUT2D eigenvalue weighted by atomic mass is 32.2. The van der Waals surface area contributed by atoms with Gasteiger partial charge in [0.15, 0.2) is 0 Å². The molecule has 0 spiro atoms. The van der Waals surface area contributed by atoms with Gasteiger partial charge in [-0.2, -0.15) is 9.40 Å². The topological polar surface area (TPSA) is 98.4 Å². The van der Waals surface area contributed by atoms with Crippen LogP contribution < -0.4 is 5.32 Å². The monoisotopic (exact) mass is 377 g/mol. The van der Waals surface area contributed by atoms with Crippen molar-refractivity contribution in [3.63, 3.8) is 0 Å². The molecule has 9 heteroatoms. The van der Waals surface area contributed by atoms with E-state index >= 15 is 0 Å². The molecular weight excluding hydrogens is 354 g/mol. The Morgan fingerprint density at radius 2 is 1.85 bits per heavy atom. The Kier molecular flexibility index (Phi) is 5.28. The van der Waals surface area contributed by atoms with Crippen LogP contribution in [0.5, 0.6) is 0 Å². The summed E-state index contributed by atoms with van der Waals surface area (Å²) in [5.74, 6) is 0. The number of urea groups is 1. The molecular formula is C17H23N5O3S. The standard InChI is InChI=1S/C17H23N5O3S/c1-13-16(14(2)20-19-13)26(24,25)22-10-6-9-21(11-12-22)17(23)18-15-7-4-3-5-8-15/h3-5,7-8H,6,9-12H2,1-2H3,(H,18,23)(H,19,20). The molecule has 1 aliphatic rings. The van der Waals surface area contributed by atoms with Crippen molar-refractivity contribution in [3.05, 3.63) is 41.7 Å². The molecule has 1 aromatic heterocycles. The smallest absolute Gasteiger partial charge is 0.321 e. The number of amides is 2. The van der Waals surface area contributed by atoms with Crippen molar-refractivity contribution in [2.24, 2.45) is 0 Å². The number of nitrogens with zero attached hydrogens (tertiary/aromatic N) is 3. The number of H-pyrrole nitrogens is 1. The van der Waals surface area contributed by atoms with Gasteiger partial charge >= 0.3 is 6.03 Å². The average Bonchev–Trinajstić information content (AvgIpc) is 2.82. The molecule has 0 saturated carbocycles. The Labute approximate surface area is 153 Å². The summed E-state index contributed by atoms with van der Waals surface area (Å²) < 4.78 is 27.4. The third kappa shape index (κ3) is 3.73. The van der Waals surface area contributed by atoms with Crippen LogP contribution in [0.4, 0.5) is 10.5 Å². The SMILES string of the molecule is Cc1n[nH]c(C)c1S(=O)(=O)N1CCCN(C(=O)Nc2ccccc2)CC1. The van der Waals surface area contributed by atoms with Crippen molar-refractivity contribution < 1.29 is 13.2 Å². The molecule has 1 saturated heterocycles. The zero-order chi connectivity index (χ0) is 18.7. The summed E-state index contributed by atoms with van der Waals surface area (Å²) in [4.78, 5) is 14.3. The van der Waals surface area contributed by atoms with E-state index in [2.05, 4.69) is 15.5 Å². The first-order valence-electron chi connectivity index (χ1n) is 8.52. The number of hydrogen-bond donors (Lipinski definition) is 2. The molecule has 0 unspecified atom stereocenters. The first-order valence-corrected chi connectivity index (χ1v) is 9.96. The summed E-state index contributed by atoms with van der Waals surface area (Å²) >= 11 is 0. The Morgan fingerprint density at radius 3 is 2.50 bits per heavy atom. The fourth-order valence-corrected chi connectivity index (χ4v) is 4.91. The van der Waals surface area contributed by atoms with Crippen LogP contribution in [0.2, 0.25) is 0 Å². The summed E-state index contributed by atoms with van der Waals surface area (Å²) in [5, 5.41) is 9.55. The van der Waals surface area contributed by atoms with E-state index in [1.165, 1.54) is 4.31 Å². The minimum Gasteiger partial charge on any atom is -0.323 e. The Balaban J connectivity index is 1.69. The number of para-hydroxylation sites is 1. The second kappa shape index (κ2) is 7.46. The van der Waals surface area contributed by atoms with Crippen molar-refractivity contribution in [1.82, 2.24) is 19.4 Å². The van der Waals surface area contributed by atoms with E-state index in [0.29, 0.717) is 37.4 Å². The molecule has 3 rings (SSSR count). The highest BCUT2D eigenvalue weighted by molar-refractivity contribution is 7.89. The number of sulfonamides is 1. The van der Waals surface area contributed by atoms with Gasteiger partial charge in [0.2, 0.25) is 10.0 Å². The molecule has 0 aliphatic carbocycles. The maximum atomic E-state index is 13.0. The quantitative estimate of drug-likeness (QED) is 0.854. The van der Waals surface area contributed by atoms with Gasteiger partial charge in [-0.3, -0.25) is 5.10 Å². The fraction of sp³-hybridized carbons (Fsp3) is 0.412. The fourth-order valence-electron chi connectivity index (χ4n) is 3.11. The summed E-state index contributed by atoms with van der Waals surface area (Å²) in [6.07, 6.45) is 0.581. The van der Waals surface area contributed by atoms with Crippen molar-refractivity contribution in [1.29, 1.82) is 0 Å². The lowest BCUT2D eigenvalue weighted by atomic mass is 10.3. The average molecular weight is 377 g/mol. The van der Waals surface area contributed by atoms with E-state index in [1.54, 1.807) is 18.7 Å². The van der Waals surface area contributed by atoms with Crippen LogP contribution in [0.3, 0.4) is 0 Å². The van der Waals surface area contributed by atoms with Gasteiger partial charge in [-0.15, -0.1) is 0 Å². The number of carbonyl (C=O) groups is 1. The zero-order valence-corrected chi connectivity index (χ0v) is 15.7. The van der Waals surface area contributed by atoms with Gasteiger partial charge < -0.3 is 10.2 Å². The largest absolute Gasteiger partial charge is 0.323 e. The Hall–Kier alpha value is -2.39. The predicted octanol–water partition coefficient (Wildman–Crippen LogP) is 1.96. The van der Waals surface area contributed by atoms with E-state index in [9.17, 15) is 13.2 Å². The second-order valence-corrected chi connectivity index (χ2v) is 8.18. The number of hydrogen-bond acceptors (Lipinski definition) is 4. The Morgan fingerprint density at radius 1 is 1.12 bits per heavy atom. The van der Waals surface area contributed by atoms with Crippen LogP contribution in [0, 0.1) is 13.8 Å². The predicted molar refractivity (Wildman–Crippen MR) is 98.5 cm³/mol. The number of benzene rings is 1. The van der Waals surface area contributed by atoms with Gasteiger partial charge in [0.05, 0.1) is 11.4 Å². The Bertz CT molecular complexity index is 860. The number of carbonyl (C=O) groups excluding carboxylic acids is 1. The van der Waals surface area contributed by atoms with E-state index < -0.39 is 10.0 Å². The number of aryl methyl sites for hydroxylation is 2. The molecule has 2 aromatic rings.